The Morgan fingerprint density at radius 2 is 1.96 bits per heavy atom. The molecule has 1 aromatic carbocycles. The molecule has 0 spiro atoms. The van der Waals surface area contributed by atoms with Gasteiger partial charge in [0, 0.05) is 27.9 Å². The van der Waals surface area contributed by atoms with Gasteiger partial charge in [-0.25, -0.2) is 17.6 Å². The first-order valence-electron chi connectivity index (χ1n) is 8.51. The van der Waals surface area contributed by atoms with E-state index < -0.39 is 36.6 Å². The zero-order valence-electron chi connectivity index (χ0n) is 14.2. The third kappa shape index (κ3) is 3.18. The molecule has 0 bridgehead atoms. The topological polar surface area (TPSA) is 65.8 Å². The molecule has 0 unspecified atom stereocenters. The third-order valence-electron chi connectivity index (χ3n) is 4.85. The van der Waals surface area contributed by atoms with E-state index in [1.165, 1.54) is 6.07 Å². The molecule has 4 rings (SSSR count). The average molecular weight is 460 g/mol. The van der Waals surface area contributed by atoms with E-state index in [0.717, 1.165) is 12.8 Å². The van der Waals surface area contributed by atoms with Crippen molar-refractivity contribution < 1.29 is 27.5 Å². The Bertz CT molecular complexity index is 996. The summed E-state index contributed by atoms with van der Waals surface area (Å²) in [5.74, 6) is -0.918. The monoisotopic (exact) mass is 459 g/mol. The van der Waals surface area contributed by atoms with E-state index in [1.54, 1.807) is 18.2 Å². The zero-order chi connectivity index (χ0) is 20.2. The molecule has 10 heteroatoms. The normalized spacial score (nSPS) is 22.4. The minimum Gasteiger partial charge on any atom is -0.364 e. The highest BCUT2D eigenvalue weighted by molar-refractivity contribution is 9.10. The number of hydrogen-bond donors (Lipinski definition) is 1. The summed E-state index contributed by atoms with van der Waals surface area (Å²) in [5.41, 5.74) is -3.01. The SMILES string of the molecule is O=C(c1cc(C2CC2)nc2ccc(Br)cc12)N1N=C(C(F)F)C[C@@]1(O)C(F)F. The third-order valence-corrected chi connectivity index (χ3v) is 5.34. The largest absolute Gasteiger partial charge is 0.364 e. The molecule has 148 valence electrons. The highest BCUT2D eigenvalue weighted by Crippen LogP contribution is 2.41. The van der Waals surface area contributed by atoms with Gasteiger partial charge in [-0.2, -0.15) is 10.1 Å². The number of halogens is 5. The Balaban J connectivity index is 1.86. The van der Waals surface area contributed by atoms with Crippen LogP contribution in [-0.2, 0) is 0 Å². The summed E-state index contributed by atoms with van der Waals surface area (Å²) in [5, 5.41) is 14.1. The van der Waals surface area contributed by atoms with Gasteiger partial charge in [0.2, 0.25) is 5.72 Å². The molecule has 2 aromatic rings. The lowest BCUT2D eigenvalue weighted by Gasteiger charge is -2.30. The van der Waals surface area contributed by atoms with Crippen LogP contribution in [0.5, 0.6) is 0 Å². The van der Waals surface area contributed by atoms with Gasteiger partial charge in [0.05, 0.1) is 11.1 Å². The number of pyridine rings is 1. The van der Waals surface area contributed by atoms with Crippen molar-refractivity contribution in [1.29, 1.82) is 0 Å². The molecule has 1 N–H and O–H groups in total. The maximum Gasteiger partial charge on any atom is 0.287 e. The lowest BCUT2D eigenvalue weighted by molar-refractivity contribution is -0.164. The first-order valence-corrected chi connectivity index (χ1v) is 9.31. The molecule has 2 aliphatic rings. The molecule has 1 aromatic heterocycles. The van der Waals surface area contributed by atoms with Crippen molar-refractivity contribution in [3.63, 3.8) is 0 Å². The van der Waals surface area contributed by atoms with E-state index in [1.807, 2.05) is 0 Å². The number of alkyl halides is 4. The van der Waals surface area contributed by atoms with Gasteiger partial charge in [-0.1, -0.05) is 15.9 Å². The van der Waals surface area contributed by atoms with Gasteiger partial charge in [0.1, 0.15) is 5.71 Å². The van der Waals surface area contributed by atoms with Crippen LogP contribution in [0.4, 0.5) is 17.6 Å². The van der Waals surface area contributed by atoms with Crippen molar-refractivity contribution in [3.05, 3.63) is 40.0 Å². The quantitative estimate of drug-likeness (QED) is 0.693. The van der Waals surface area contributed by atoms with Crippen LogP contribution < -0.4 is 0 Å². The van der Waals surface area contributed by atoms with Crippen LogP contribution in [0.2, 0.25) is 0 Å². The molecule has 1 saturated carbocycles. The Labute approximate surface area is 165 Å². The second-order valence-electron chi connectivity index (χ2n) is 6.90. The van der Waals surface area contributed by atoms with Gasteiger partial charge in [0.25, 0.3) is 18.8 Å². The van der Waals surface area contributed by atoms with E-state index in [4.69, 9.17) is 0 Å². The molecule has 28 heavy (non-hydrogen) atoms. The number of amides is 1. The number of nitrogens with zero attached hydrogens (tertiary/aromatic N) is 3. The molecular weight excluding hydrogens is 446 g/mol. The van der Waals surface area contributed by atoms with Gasteiger partial charge in [0.15, 0.2) is 0 Å². The highest BCUT2D eigenvalue weighted by Gasteiger charge is 2.53. The number of rotatable bonds is 4. The summed E-state index contributed by atoms with van der Waals surface area (Å²) >= 11 is 3.28. The summed E-state index contributed by atoms with van der Waals surface area (Å²) in [6.45, 7) is 0. The molecule has 0 radical (unpaired) electrons. The second-order valence-corrected chi connectivity index (χ2v) is 7.81. The van der Waals surface area contributed by atoms with Crippen LogP contribution in [-0.4, -0.2) is 45.3 Å². The predicted octanol–water partition coefficient (Wildman–Crippen LogP) is 4.30. The maximum absolute atomic E-state index is 13.5. The fourth-order valence-corrected chi connectivity index (χ4v) is 3.56. The van der Waals surface area contributed by atoms with Crippen LogP contribution in [0.25, 0.3) is 10.9 Å². The van der Waals surface area contributed by atoms with E-state index in [-0.39, 0.29) is 16.5 Å². The van der Waals surface area contributed by atoms with E-state index in [2.05, 4.69) is 26.0 Å². The van der Waals surface area contributed by atoms with E-state index in [0.29, 0.717) is 21.1 Å². The van der Waals surface area contributed by atoms with Crippen LogP contribution >= 0.6 is 15.9 Å². The molecule has 1 aliphatic heterocycles. The summed E-state index contributed by atoms with van der Waals surface area (Å²) in [6, 6.07) is 6.44. The van der Waals surface area contributed by atoms with Crippen molar-refractivity contribution in [1.82, 2.24) is 9.99 Å². The Hall–Kier alpha value is -2.07. The Morgan fingerprint density at radius 3 is 2.57 bits per heavy atom. The van der Waals surface area contributed by atoms with Crippen LogP contribution in [0.3, 0.4) is 0 Å². The van der Waals surface area contributed by atoms with Gasteiger partial charge < -0.3 is 5.11 Å². The second kappa shape index (κ2) is 6.77. The fraction of sp³-hybridized carbons (Fsp3) is 0.389. The van der Waals surface area contributed by atoms with Crippen LogP contribution in [0.15, 0.2) is 33.8 Å². The van der Waals surface area contributed by atoms with Crippen molar-refractivity contribution in [2.75, 3.05) is 0 Å². The fourth-order valence-electron chi connectivity index (χ4n) is 3.20. The molecule has 2 heterocycles. The van der Waals surface area contributed by atoms with Crippen molar-refractivity contribution in [2.24, 2.45) is 5.10 Å². The van der Waals surface area contributed by atoms with Gasteiger partial charge in [-0.3, -0.25) is 9.78 Å². The maximum atomic E-state index is 13.5. The van der Waals surface area contributed by atoms with E-state index >= 15 is 0 Å². The van der Waals surface area contributed by atoms with Crippen molar-refractivity contribution in [3.8, 4) is 0 Å². The summed E-state index contributed by atoms with van der Waals surface area (Å²) in [7, 11) is 0. The standard InChI is InChI=1S/C18H14BrF4N3O2/c19-9-3-4-12-10(5-9)11(6-13(24-12)8-1-2-8)16(27)26-18(28,17(22)23)7-14(25-26)15(20)21/h3-6,8,15,17,28H,1-2,7H2/t18-/m1/s1. The lowest BCUT2D eigenvalue weighted by Crippen LogP contribution is -2.51. The number of hydrazone groups is 1. The van der Waals surface area contributed by atoms with Crippen LogP contribution in [0, 0.1) is 0 Å². The smallest absolute Gasteiger partial charge is 0.287 e. The van der Waals surface area contributed by atoms with E-state index in [9.17, 15) is 27.5 Å². The molecular formula is C18H14BrF4N3O2. The predicted molar refractivity (Wildman–Crippen MR) is 96.6 cm³/mol. The minimum atomic E-state index is -3.47. The number of carbonyl (C=O) groups is 1. The molecule has 1 amide bonds. The number of aromatic nitrogens is 1. The zero-order valence-corrected chi connectivity index (χ0v) is 15.8. The van der Waals surface area contributed by atoms with Gasteiger partial charge >= 0.3 is 0 Å². The number of fused-ring (bicyclic) bond motifs is 1. The van der Waals surface area contributed by atoms with Crippen LogP contribution in [0.1, 0.15) is 41.2 Å². The van der Waals surface area contributed by atoms with Crippen molar-refractivity contribution in [2.45, 2.75) is 43.8 Å². The molecule has 0 saturated heterocycles. The first-order chi connectivity index (χ1) is 13.2. The number of hydrogen-bond acceptors (Lipinski definition) is 4. The van der Waals surface area contributed by atoms with Gasteiger partial charge in [-0.05, 0) is 37.1 Å². The lowest BCUT2D eigenvalue weighted by atomic mass is 10.0. The number of aliphatic hydroxyl groups is 1. The molecule has 1 atom stereocenters. The minimum absolute atomic E-state index is 0.0217. The highest BCUT2D eigenvalue weighted by atomic mass is 79.9. The molecule has 1 fully saturated rings. The number of benzene rings is 1. The van der Waals surface area contributed by atoms with Crippen molar-refractivity contribution >= 4 is 38.5 Å². The first kappa shape index (κ1) is 19.3. The average Bonchev–Trinajstić information content (AvgIpc) is 3.42. The summed E-state index contributed by atoms with van der Waals surface area (Å²) < 4.78 is 53.7. The van der Waals surface area contributed by atoms with Gasteiger partial charge in [-0.15, -0.1) is 0 Å². The number of carbonyl (C=O) groups excluding carboxylic acids is 1. The Kier molecular flexibility index (Phi) is 4.65. The summed E-state index contributed by atoms with van der Waals surface area (Å²) in [6.07, 6.45) is -5.97. The summed E-state index contributed by atoms with van der Waals surface area (Å²) in [4.78, 5) is 17.6. The molecule has 5 nitrogen and oxygen atoms in total. The molecule has 1 aliphatic carbocycles. The Morgan fingerprint density at radius 1 is 1.25 bits per heavy atom.